The first-order valence-electron chi connectivity index (χ1n) is 4.57. The Morgan fingerprint density at radius 3 is 1.60 bits per heavy atom. The second-order valence-corrected chi connectivity index (χ2v) is 2.81. The van der Waals surface area contributed by atoms with E-state index in [0.717, 1.165) is 12.5 Å². The van der Waals surface area contributed by atoms with E-state index in [4.69, 9.17) is 10.2 Å². The third-order valence-corrected chi connectivity index (χ3v) is 1.62. The summed E-state index contributed by atoms with van der Waals surface area (Å²) in [6.07, 6.45) is 4.40. The topological polar surface area (TPSA) is 87.7 Å². The molecular weight excluding hydrogens is 200 g/mol. The van der Waals surface area contributed by atoms with Crippen LogP contribution in [0.2, 0.25) is 0 Å². The quantitative estimate of drug-likeness (QED) is 0.806. The maximum Gasteiger partial charge on any atom is 0.339 e. The summed E-state index contributed by atoms with van der Waals surface area (Å²) in [5.41, 5.74) is -0.671. The average molecular weight is 214 g/mol. The standard InChI is InChI=1S/C6H4O5.C4H10/c7-5(8)3-1-11-2-4(3)6(9)10;1-3-4-2/h1-2H,(H,7,8)(H,9,10);3-4H2,1-2H3. The fraction of sp³-hybridized carbons (Fsp3) is 0.400. The Balaban J connectivity index is 0.000000423. The molecule has 0 aromatic carbocycles. The Kier molecular flexibility index (Phi) is 5.85. The third kappa shape index (κ3) is 4.30. The van der Waals surface area contributed by atoms with Gasteiger partial charge in [-0.2, -0.15) is 0 Å². The molecule has 0 atom stereocenters. The van der Waals surface area contributed by atoms with Crippen LogP contribution >= 0.6 is 0 Å². The highest BCUT2D eigenvalue weighted by molar-refractivity contribution is 6.01. The fourth-order valence-electron chi connectivity index (χ4n) is 0.628. The summed E-state index contributed by atoms with van der Waals surface area (Å²) in [5, 5.41) is 16.8. The van der Waals surface area contributed by atoms with E-state index >= 15 is 0 Å². The molecule has 0 aliphatic heterocycles. The number of aromatic carboxylic acids is 2. The number of carboxylic acid groups (broad SMARTS) is 2. The van der Waals surface area contributed by atoms with Crippen molar-refractivity contribution in [3.05, 3.63) is 23.7 Å². The maximum absolute atomic E-state index is 10.3. The molecule has 15 heavy (non-hydrogen) atoms. The molecule has 0 amide bonds. The summed E-state index contributed by atoms with van der Waals surface area (Å²) in [6.45, 7) is 4.36. The van der Waals surface area contributed by atoms with Crippen LogP contribution in [0, 0.1) is 0 Å². The van der Waals surface area contributed by atoms with Crippen molar-refractivity contribution in [1.82, 2.24) is 0 Å². The lowest BCUT2D eigenvalue weighted by molar-refractivity contribution is 0.0653. The van der Waals surface area contributed by atoms with Crippen LogP contribution in [0.15, 0.2) is 16.9 Å². The smallest absolute Gasteiger partial charge is 0.339 e. The Labute approximate surface area is 87.3 Å². The zero-order chi connectivity index (χ0) is 11.8. The van der Waals surface area contributed by atoms with Crippen molar-refractivity contribution in [2.24, 2.45) is 0 Å². The minimum Gasteiger partial charge on any atom is -0.478 e. The third-order valence-electron chi connectivity index (χ3n) is 1.62. The van der Waals surface area contributed by atoms with Gasteiger partial charge in [0.2, 0.25) is 0 Å². The van der Waals surface area contributed by atoms with Crippen molar-refractivity contribution < 1.29 is 24.2 Å². The predicted molar refractivity (Wildman–Crippen MR) is 53.2 cm³/mol. The van der Waals surface area contributed by atoms with E-state index in [1.807, 2.05) is 0 Å². The number of rotatable bonds is 3. The Bertz CT molecular complexity index is 296. The monoisotopic (exact) mass is 214 g/mol. The molecule has 1 heterocycles. The van der Waals surface area contributed by atoms with Gasteiger partial charge in [0.1, 0.15) is 23.7 Å². The van der Waals surface area contributed by atoms with Crippen molar-refractivity contribution in [3.8, 4) is 0 Å². The lowest BCUT2D eigenvalue weighted by Crippen LogP contribution is -2.03. The van der Waals surface area contributed by atoms with Crippen LogP contribution in [0.1, 0.15) is 47.4 Å². The van der Waals surface area contributed by atoms with Crippen LogP contribution in [-0.2, 0) is 0 Å². The van der Waals surface area contributed by atoms with E-state index in [9.17, 15) is 9.59 Å². The number of unbranched alkanes of at least 4 members (excludes halogenated alkanes) is 1. The van der Waals surface area contributed by atoms with E-state index in [1.165, 1.54) is 12.8 Å². The highest BCUT2D eigenvalue weighted by Gasteiger charge is 2.17. The lowest BCUT2D eigenvalue weighted by atomic mass is 10.2. The van der Waals surface area contributed by atoms with Gasteiger partial charge in [0, 0.05) is 0 Å². The number of hydrogen-bond acceptors (Lipinski definition) is 3. The molecule has 0 saturated heterocycles. The summed E-state index contributed by atoms with van der Waals surface area (Å²) in [4.78, 5) is 20.5. The minimum atomic E-state index is -1.31. The minimum absolute atomic E-state index is 0.336. The van der Waals surface area contributed by atoms with E-state index in [0.29, 0.717) is 0 Å². The highest BCUT2D eigenvalue weighted by atomic mass is 16.4. The molecule has 0 aliphatic carbocycles. The normalized spacial score (nSPS) is 8.93. The van der Waals surface area contributed by atoms with E-state index in [-0.39, 0.29) is 11.1 Å². The van der Waals surface area contributed by atoms with Gasteiger partial charge in [0.25, 0.3) is 0 Å². The Morgan fingerprint density at radius 1 is 1.07 bits per heavy atom. The van der Waals surface area contributed by atoms with E-state index in [1.54, 1.807) is 0 Å². The largest absolute Gasteiger partial charge is 0.478 e. The molecule has 1 aromatic heterocycles. The van der Waals surface area contributed by atoms with Gasteiger partial charge in [0.05, 0.1) is 0 Å². The first-order valence-corrected chi connectivity index (χ1v) is 4.57. The summed E-state index contributed by atoms with van der Waals surface area (Å²) < 4.78 is 4.41. The molecule has 5 nitrogen and oxygen atoms in total. The lowest BCUT2D eigenvalue weighted by Gasteiger charge is -1.88. The fourth-order valence-corrected chi connectivity index (χ4v) is 0.628. The SMILES string of the molecule is CCCC.O=C(O)c1cocc1C(=O)O. The summed E-state index contributed by atoms with van der Waals surface area (Å²) in [6, 6.07) is 0. The molecule has 0 radical (unpaired) electrons. The molecule has 0 bridgehead atoms. The zero-order valence-corrected chi connectivity index (χ0v) is 8.69. The van der Waals surface area contributed by atoms with Crippen LogP contribution in [-0.4, -0.2) is 22.2 Å². The predicted octanol–water partition coefficient (Wildman–Crippen LogP) is 2.48. The summed E-state index contributed by atoms with van der Waals surface area (Å²) in [7, 11) is 0. The molecule has 0 spiro atoms. The molecule has 0 unspecified atom stereocenters. The van der Waals surface area contributed by atoms with Gasteiger partial charge in [-0.15, -0.1) is 0 Å². The van der Waals surface area contributed by atoms with Crippen LogP contribution in [0.25, 0.3) is 0 Å². The Morgan fingerprint density at radius 2 is 1.40 bits per heavy atom. The Hall–Kier alpha value is -1.78. The number of carboxylic acids is 2. The van der Waals surface area contributed by atoms with E-state index < -0.39 is 11.9 Å². The van der Waals surface area contributed by atoms with Crippen molar-refractivity contribution in [3.63, 3.8) is 0 Å². The second-order valence-electron chi connectivity index (χ2n) is 2.81. The van der Waals surface area contributed by atoms with Gasteiger partial charge < -0.3 is 14.6 Å². The molecule has 84 valence electrons. The van der Waals surface area contributed by atoms with Gasteiger partial charge in [0.15, 0.2) is 0 Å². The summed E-state index contributed by atoms with van der Waals surface area (Å²) >= 11 is 0. The molecule has 0 aliphatic rings. The number of hydrogen-bond donors (Lipinski definition) is 2. The summed E-state index contributed by atoms with van der Waals surface area (Å²) in [5.74, 6) is -2.62. The first-order chi connectivity index (χ1) is 7.04. The van der Waals surface area contributed by atoms with Gasteiger partial charge in [-0.1, -0.05) is 26.7 Å². The maximum atomic E-state index is 10.3. The molecule has 1 rings (SSSR count). The van der Waals surface area contributed by atoms with Gasteiger partial charge >= 0.3 is 11.9 Å². The molecular formula is C10H14O5. The van der Waals surface area contributed by atoms with Crippen molar-refractivity contribution in [2.75, 3.05) is 0 Å². The van der Waals surface area contributed by atoms with Crippen LogP contribution < -0.4 is 0 Å². The second kappa shape index (κ2) is 6.64. The van der Waals surface area contributed by atoms with Gasteiger partial charge in [-0.3, -0.25) is 0 Å². The number of furan rings is 1. The van der Waals surface area contributed by atoms with E-state index in [2.05, 4.69) is 18.3 Å². The number of carbonyl (C=O) groups is 2. The zero-order valence-electron chi connectivity index (χ0n) is 8.69. The van der Waals surface area contributed by atoms with Crippen LogP contribution in [0.3, 0.4) is 0 Å². The molecule has 0 saturated carbocycles. The highest BCUT2D eigenvalue weighted by Crippen LogP contribution is 2.09. The average Bonchev–Trinajstić information content (AvgIpc) is 2.66. The first kappa shape index (κ1) is 13.2. The van der Waals surface area contributed by atoms with Gasteiger partial charge in [-0.25, -0.2) is 9.59 Å². The van der Waals surface area contributed by atoms with Crippen LogP contribution in [0.5, 0.6) is 0 Å². The molecule has 1 aromatic rings. The van der Waals surface area contributed by atoms with Crippen LogP contribution in [0.4, 0.5) is 0 Å². The molecule has 5 heteroatoms. The van der Waals surface area contributed by atoms with Gasteiger partial charge in [-0.05, 0) is 0 Å². The van der Waals surface area contributed by atoms with Crippen molar-refractivity contribution >= 4 is 11.9 Å². The molecule has 2 N–H and O–H groups in total. The van der Waals surface area contributed by atoms with Crippen molar-refractivity contribution in [1.29, 1.82) is 0 Å². The molecule has 0 fully saturated rings. The van der Waals surface area contributed by atoms with Crippen molar-refractivity contribution in [2.45, 2.75) is 26.7 Å².